The van der Waals surface area contributed by atoms with Crippen molar-refractivity contribution in [1.82, 2.24) is 15.2 Å². The van der Waals surface area contributed by atoms with Crippen LogP contribution in [0.15, 0.2) is 18.3 Å². The number of amides is 1. The fraction of sp³-hybridized carbons (Fsp3) is 0.700. The molecule has 144 valence electrons. The maximum Gasteiger partial charge on any atom is 0.252 e. The van der Waals surface area contributed by atoms with E-state index in [0.717, 1.165) is 44.5 Å². The molecule has 0 aromatic carbocycles. The third-order valence-electron chi connectivity index (χ3n) is 5.76. The second kappa shape index (κ2) is 9.33. The fourth-order valence-corrected chi connectivity index (χ4v) is 4.01. The quantitative estimate of drug-likeness (QED) is 0.726. The monoisotopic (exact) mass is 360 g/mol. The molecule has 0 unspecified atom stereocenters. The van der Waals surface area contributed by atoms with Crippen molar-refractivity contribution in [3.8, 4) is 0 Å². The van der Waals surface area contributed by atoms with Gasteiger partial charge in [-0.05, 0) is 70.7 Å². The number of anilines is 1. The number of nitrogens with one attached hydrogen (secondary N) is 2. The molecule has 1 aromatic rings. The molecule has 26 heavy (non-hydrogen) atoms. The van der Waals surface area contributed by atoms with Crippen LogP contribution < -0.4 is 10.6 Å². The normalized spacial score (nSPS) is 27.1. The van der Waals surface area contributed by atoms with Crippen molar-refractivity contribution in [3.63, 3.8) is 0 Å². The largest absolute Gasteiger partial charge is 0.393 e. The van der Waals surface area contributed by atoms with Crippen LogP contribution in [0.1, 0.15) is 61.7 Å². The number of hydrogen-bond donors (Lipinski definition) is 3. The molecule has 0 spiro atoms. The summed E-state index contributed by atoms with van der Waals surface area (Å²) in [6, 6.07) is 4.64. The van der Waals surface area contributed by atoms with Gasteiger partial charge in [0.15, 0.2) is 0 Å². The molecule has 2 aliphatic rings. The number of aliphatic hydroxyl groups is 1. The van der Waals surface area contributed by atoms with Crippen molar-refractivity contribution >= 4 is 11.7 Å². The molecule has 3 N–H and O–H groups in total. The zero-order valence-corrected chi connectivity index (χ0v) is 15.8. The first-order chi connectivity index (χ1) is 12.6. The van der Waals surface area contributed by atoms with Gasteiger partial charge in [0.25, 0.3) is 5.91 Å². The van der Waals surface area contributed by atoms with Gasteiger partial charge in [-0.15, -0.1) is 0 Å². The number of rotatable bonds is 6. The Bertz CT molecular complexity index is 570. The Balaban J connectivity index is 1.41. The summed E-state index contributed by atoms with van der Waals surface area (Å²) in [5.41, 5.74) is 0.603. The lowest BCUT2D eigenvalue weighted by Gasteiger charge is -2.32. The van der Waals surface area contributed by atoms with E-state index in [1.807, 2.05) is 12.1 Å². The van der Waals surface area contributed by atoms with E-state index in [1.54, 1.807) is 6.20 Å². The molecule has 1 saturated heterocycles. The first-order valence-electron chi connectivity index (χ1n) is 10.0. The maximum atomic E-state index is 12.3. The summed E-state index contributed by atoms with van der Waals surface area (Å²) in [4.78, 5) is 19.1. The van der Waals surface area contributed by atoms with Crippen LogP contribution in [-0.2, 0) is 0 Å². The lowest BCUT2D eigenvalue weighted by molar-refractivity contribution is 0.0945. The van der Waals surface area contributed by atoms with Crippen LogP contribution in [0.2, 0.25) is 0 Å². The summed E-state index contributed by atoms with van der Waals surface area (Å²) in [6.07, 6.45) is 9.90. The zero-order valence-electron chi connectivity index (χ0n) is 15.8. The molecule has 0 radical (unpaired) electrons. The summed E-state index contributed by atoms with van der Waals surface area (Å²) in [6.45, 7) is 1.87. The van der Waals surface area contributed by atoms with E-state index in [4.69, 9.17) is 0 Å². The molecular weight excluding hydrogens is 328 g/mol. The van der Waals surface area contributed by atoms with E-state index in [1.165, 1.54) is 19.3 Å². The number of pyridine rings is 1. The Morgan fingerprint density at radius 2 is 2.04 bits per heavy atom. The van der Waals surface area contributed by atoms with Gasteiger partial charge in [-0.3, -0.25) is 4.79 Å². The maximum absolute atomic E-state index is 12.3. The number of carbonyl (C=O) groups excluding carboxylic acids is 1. The van der Waals surface area contributed by atoms with Crippen LogP contribution in [0, 0.1) is 0 Å². The number of nitrogens with zero attached hydrogens (tertiary/aromatic N) is 2. The van der Waals surface area contributed by atoms with Gasteiger partial charge in [-0.25, -0.2) is 4.98 Å². The lowest BCUT2D eigenvalue weighted by Crippen LogP contribution is -2.39. The van der Waals surface area contributed by atoms with Crippen molar-refractivity contribution in [1.29, 1.82) is 0 Å². The summed E-state index contributed by atoms with van der Waals surface area (Å²) >= 11 is 0. The van der Waals surface area contributed by atoms with Gasteiger partial charge in [0.05, 0.1) is 11.7 Å². The van der Waals surface area contributed by atoms with E-state index >= 15 is 0 Å². The number of hydrogen-bond acceptors (Lipinski definition) is 5. The third-order valence-corrected chi connectivity index (χ3v) is 5.76. The minimum atomic E-state index is -0.152. The summed E-state index contributed by atoms with van der Waals surface area (Å²) < 4.78 is 0. The van der Waals surface area contributed by atoms with Gasteiger partial charge in [-0.1, -0.05) is 6.42 Å². The number of likely N-dealkylation sites (tertiary alicyclic amines) is 1. The predicted octanol–water partition coefficient (Wildman–Crippen LogP) is 2.40. The lowest BCUT2D eigenvalue weighted by atomic mass is 9.93. The number of aromatic nitrogens is 1. The smallest absolute Gasteiger partial charge is 0.252 e. The van der Waals surface area contributed by atoms with Crippen LogP contribution >= 0.6 is 0 Å². The molecule has 1 aromatic heterocycles. The third kappa shape index (κ3) is 5.42. The molecule has 1 aliphatic heterocycles. The van der Waals surface area contributed by atoms with E-state index in [9.17, 15) is 9.90 Å². The molecule has 6 heteroatoms. The minimum Gasteiger partial charge on any atom is -0.393 e. The molecule has 1 saturated carbocycles. The standard InChI is InChI=1S/C20H32N4O2/c1-24-13-3-2-4-17(24)11-12-21-20(26)15-5-10-19(22-14-15)23-16-6-8-18(25)9-7-16/h5,10,14,16-18,25H,2-4,6-9,11-13H2,1H3,(H,21,26)(H,22,23)/t16?,17-,18?/m0/s1. The molecule has 3 rings (SSSR count). The summed E-state index contributed by atoms with van der Waals surface area (Å²) in [5.74, 6) is 0.745. The molecule has 2 heterocycles. The van der Waals surface area contributed by atoms with Gasteiger partial charge in [0.1, 0.15) is 5.82 Å². The highest BCUT2D eigenvalue weighted by Gasteiger charge is 2.20. The Morgan fingerprint density at radius 3 is 2.73 bits per heavy atom. The van der Waals surface area contributed by atoms with Gasteiger partial charge in [-0.2, -0.15) is 0 Å². The first kappa shape index (κ1) is 19.1. The second-order valence-electron chi connectivity index (χ2n) is 7.76. The first-order valence-corrected chi connectivity index (χ1v) is 10.0. The van der Waals surface area contributed by atoms with Crippen LogP contribution in [-0.4, -0.2) is 59.2 Å². The van der Waals surface area contributed by atoms with Crippen molar-refractivity contribution in [2.45, 2.75) is 69.6 Å². The topological polar surface area (TPSA) is 77.5 Å². The molecule has 1 amide bonds. The van der Waals surface area contributed by atoms with Crippen molar-refractivity contribution in [3.05, 3.63) is 23.9 Å². The Morgan fingerprint density at radius 1 is 1.23 bits per heavy atom. The highest BCUT2D eigenvalue weighted by Crippen LogP contribution is 2.21. The highest BCUT2D eigenvalue weighted by atomic mass is 16.3. The van der Waals surface area contributed by atoms with Crippen molar-refractivity contribution in [2.24, 2.45) is 0 Å². The van der Waals surface area contributed by atoms with Gasteiger partial charge >= 0.3 is 0 Å². The molecule has 1 atom stereocenters. The van der Waals surface area contributed by atoms with E-state index in [-0.39, 0.29) is 12.0 Å². The van der Waals surface area contributed by atoms with Crippen LogP contribution in [0.4, 0.5) is 5.82 Å². The molecule has 2 fully saturated rings. The van der Waals surface area contributed by atoms with Crippen LogP contribution in [0.25, 0.3) is 0 Å². The molecular formula is C20H32N4O2. The Hall–Kier alpha value is -1.66. The average Bonchev–Trinajstić information content (AvgIpc) is 2.66. The summed E-state index contributed by atoms with van der Waals surface area (Å²) in [5, 5.41) is 16.0. The van der Waals surface area contributed by atoms with Gasteiger partial charge in [0.2, 0.25) is 0 Å². The summed E-state index contributed by atoms with van der Waals surface area (Å²) in [7, 11) is 2.17. The zero-order chi connectivity index (χ0) is 18.4. The van der Waals surface area contributed by atoms with Crippen LogP contribution in [0.3, 0.4) is 0 Å². The van der Waals surface area contributed by atoms with Gasteiger partial charge in [0, 0.05) is 24.8 Å². The van der Waals surface area contributed by atoms with Gasteiger partial charge < -0.3 is 20.6 Å². The number of piperidine rings is 1. The molecule has 0 bridgehead atoms. The molecule has 1 aliphatic carbocycles. The Kier molecular flexibility index (Phi) is 6.86. The second-order valence-corrected chi connectivity index (χ2v) is 7.76. The highest BCUT2D eigenvalue weighted by molar-refractivity contribution is 5.94. The number of aliphatic hydroxyl groups excluding tert-OH is 1. The number of carbonyl (C=O) groups is 1. The van der Waals surface area contributed by atoms with E-state index in [2.05, 4.69) is 27.6 Å². The van der Waals surface area contributed by atoms with Crippen LogP contribution in [0.5, 0.6) is 0 Å². The van der Waals surface area contributed by atoms with Crippen molar-refractivity contribution in [2.75, 3.05) is 25.5 Å². The van der Waals surface area contributed by atoms with E-state index < -0.39 is 0 Å². The average molecular weight is 361 g/mol. The predicted molar refractivity (Wildman–Crippen MR) is 103 cm³/mol. The Labute approximate surface area is 156 Å². The minimum absolute atomic E-state index is 0.0525. The SMILES string of the molecule is CN1CCCC[C@H]1CCNC(=O)c1ccc(NC2CCC(O)CC2)nc1. The van der Waals surface area contributed by atoms with Crippen molar-refractivity contribution < 1.29 is 9.90 Å². The van der Waals surface area contributed by atoms with E-state index in [0.29, 0.717) is 24.2 Å². The fourth-order valence-electron chi connectivity index (χ4n) is 4.01. The molecule has 6 nitrogen and oxygen atoms in total.